The molecule has 4 heteroatoms. The molecule has 0 radical (unpaired) electrons. The van der Waals surface area contributed by atoms with Gasteiger partial charge in [0.05, 0.1) is 25.1 Å². The Morgan fingerprint density at radius 2 is 2.00 bits per heavy atom. The van der Waals surface area contributed by atoms with Crippen LogP contribution in [-0.4, -0.2) is 18.5 Å². The van der Waals surface area contributed by atoms with Gasteiger partial charge in [-0.05, 0) is 31.3 Å². The summed E-state index contributed by atoms with van der Waals surface area (Å²) in [5, 5.41) is 0. The lowest BCUT2D eigenvalue weighted by molar-refractivity contribution is 0.198. The second kappa shape index (κ2) is 5.01. The first-order valence-electron chi connectivity index (χ1n) is 5.27. The van der Waals surface area contributed by atoms with Crippen LogP contribution >= 0.6 is 0 Å². The normalized spacial score (nSPS) is 13.2. The first-order valence-corrected chi connectivity index (χ1v) is 5.27. The van der Waals surface area contributed by atoms with Crippen molar-refractivity contribution in [1.82, 2.24) is 4.90 Å². The third kappa shape index (κ3) is 2.35. The second-order valence-electron chi connectivity index (χ2n) is 3.76. The van der Waals surface area contributed by atoms with E-state index in [0.717, 1.165) is 18.1 Å². The van der Waals surface area contributed by atoms with Gasteiger partial charge >= 0.3 is 0 Å². The molecule has 0 fully saturated rings. The van der Waals surface area contributed by atoms with E-state index < -0.39 is 0 Å². The van der Waals surface area contributed by atoms with Gasteiger partial charge in [-0.25, -0.2) is 0 Å². The maximum atomic E-state index is 5.76. The number of nitrogens with zero attached hydrogens (tertiary/aromatic N) is 1. The molecule has 0 aliphatic carbocycles. The summed E-state index contributed by atoms with van der Waals surface area (Å²) in [7, 11) is 2.00. The second-order valence-corrected chi connectivity index (χ2v) is 3.76. The summed E-state index contributed by atoms with van der Waals surface area (Å²) >= 11 is 0. The molecule has 0 bridgehead atoms. The first-order chi connectivity index (χ1) is 7.81. The molecule has 0 amide bonds. The third-order valence-corrected chi connectivity index (χ3v) is 2.61. The molecule has 0 aromatic carbocycles. The number of hydrogen-bond acceptors (Lipinski definition) is 4. The Bertz CT molecular complexity index is 395. The van der Waals surface area contributed by atoms with E-state index in [-0.39, 0.29) is 6.04 Å². The summed E-state index contributed by atoms with van der Waals surface area (Å²) in [6.45, 7) is 1.24. The Labute approximate surface area is 94.6 Å². The maximum Gasteiger partial charge on any atom is 0.122 e. The van der Waals surface area contributed by atoms with Crippen molar-refractivity contribution < 1.29 is 8.83 Å². The molecule has 2 rings (SSSR count). The zero-order valence-electron chi connectivity index (χ0n) is 9.30. The molecule has 86 valence electrons. The van der Waals surface area contributed by atoms with Gasteiger partial charge in [-0.3, -0.25) is 4.90 Å². The minimum Gasteiger partial charge on any atom is -0.468 e. The van der Waals surface area contributed by atoms with Crippen LogP contribution in [0.2, 0.25) is 0 Å². The summed E-state index contributed by atoms with van der Waals surface area (Å²) in [6, 6.07) is 7.73. The van der Waals surface area contributed by atoms with Gasteiger partial charge in [0, 0.05) is 6.54 Å². The Morgan fingerprint density at radius 1 is 1.25 bits per heavy atom. The molecule has 4 nitrogen and oxygen atoms in total. The molecule has 0 aliphatic rings. The molecule has 0 aliphatic heterocycles. The Kier molecular flexibility index (Phi) is 3.44. The van der Waals surface area contributed by atoms with Crippen LogP contribution in [0, 0.1) is 0 Å². The minimum absolute atomic E-state index is 0.0834. The SMILES string of the molecule is CN(Cc1ccco1)C(CN)c1ccco1. The van der Waals surface area contributed by atoms with Crippen molar-refractivity contribution in [3.8, 4) is 0 Å². The van der Waals surface area contributed by atoms with Gasteiger partial charge in [-0.15, -0.1) is 0 Å². The van der Waals surface area contributed by atoms with Crippen LogP contribution in [0.25, 0.3) is 0 Å². The van der Waals surface area contributed by atoms with Gasteiger partial charge in [0.2, 0.25) is 0 Å². The standard InChI is InChI=1S/C12H16N2O2/c1-14(9-10-4-2-6-15-10)11(8-13)12-5-3-7-16-12/h2-7,11H,8-9,13H2,1H3. The largest absolute Gasteiger partial charge is 0.468 e. The quantitative estimate of drug-likeness (QED) is 0.837. The fourth-order valence-corrected chi connectivity index (χ4v) is 1.75. The van der Waals surface area contributed by atoms with Crippen molar-refractivity contribution in [3.63, 3.8) is 0 Å². The monoisotopic (exact) mass is 220 g/mol. The first kappa shape index (κ1) is 11.0. The van der Waals surface area contributed by atoms with Crippen molar-refractivity contribution in [1.29, 1.82) is 0 Å². The summed E-state index contributed by atoms with van der Waals surface area (Å²) < 4.78 is 10.7. The molecule has 2 aromatic rings. The van der Waals surface area contributed by atoms with Gasteiger partial charge in [0.15, 0.2) is 0 Å². The van der Waals surface area contributed by atoms with Crippen molar-refractivity contribution in [2.75, 3.05) is 13.6 Å². The highest BCUT2D eigenvalue weighted by Crippen LogP contribution is 2.20. The van der Waals surface area contributed by atoms with Crippen LogP contribution in [0.3, 0.4) is 0 Å². The number of furan rings is 2. The van der Waals surface area contributed by atoms with Crippen molar-refractivity contribution in [2.45, 2.75) is 12.6 Å². The van der Waals surface area contributed by atoms with Gasteiger partial charge in [-0.1, -0.05) is 0 Å². The van der Waals surface area contributed by atoms with Gasteiger partial charge in [0.25, 0.3) is 0 Å². The van der Waals surface area contributed by atoms with E-state index in [1.165, 1.54) is 0 Å². The van der Waals surface area contributed by atoms with E-state index in [0.29, 0.717) is 6.54 Å². The molecule has 0 saturated heterocycles. The van der Waals surface area contributed by atoms with Gasteiger partial charge < -0.3 is 14.6 Å². The van der Waals surface area contributed by atoms with Crippen molar-refractivity contribution >= 4 is 0 Å². The molecule has 16 heavy (non-hydrogen) atoms. The molecule has 2 heterocycles. The molecular weight excluding hydrogens is 204 g/mol. The molecule has 2 aromatic heterocycles. The van der Waals surface area contributed by atoms with Crippen LogP contribution in [0.5, 0.6) is 0 Å². The summed E-state index contributed by atoms with van der Waals surface area (Å²) in [5.74, 6) is 1.81. The topological polar surface area (TPSA) is 55.5 Å². The Balaban J connectivity index is 2.04. The van der Waals surface area contributed by atoms with Gasteiger partial charge in [0.1, 0.15) is 11.5 Å². The lowest BCUT2D eigenvalue weighted by atomic mass is 10.2. The third-order valence-electron chi connectivity index (χ3n) is 2.61. The number of likely N-dealkylation sites (N-methyl/N-ethyl adjacent to an activating group) is 1. The lowest BCUT2D eigenvalue weighted by Crippen LogP contribution is -2.29. The molecule has 2 N–H and O–H groups in total. The van der Waals surface area contributed by atoms with Crippen molar-refractivity contribution in [2.24, 2.45) is 5.73 Å². The molecular formula is C12H16N2O2. The average Bonchev–Trinajstić information content (AvgIpc) is 2.91. The molecule has 1 atom stereocenters. The number of rotatable bonds is 5. The van der Waals surface area contributed by atoms with Crippen LogP contribution in [0.1, 0.15) is 17.6 Å². The van der Waals surface area contributed by atoms with E-state index in [4.69, 9.17) is 14.6 Å². The predicted molar refractivity (Wildman–Crippen MR) is 60.7 cm³/mol. The minimum atomic E-state index is 0.0834. The number of nitrogens with two attached hydrogens (primary N) is 1. The highest BCUT2D eigenvalue weighted by molar-refractivity contribution is 5.06. The highest BCUT2D eigenvalue weighted by atomic mass is 16.3. The Morgan fingerprint density at radius 3 is 2.56 bits per heavy atom. The summed E-state index contributed by atoms with van der Waals surface area (Å²) in [4.78, 5) is 2.11. The highest BCUT2D eigenvalue weighted by Gasteiger charge is 2.18. The van der Waals surface area contributed by atoms with Crippen molar-refractivity contribution in [3.05, 3.63) is 48.3 Å². The predicted octanol–water partition coefficient (Wildman–Crippen LogP) is 2.00. The smallest absolute Gasteiger partial charge is 0.122 e. The lowest BCUT2D eigenvalue weighted by Gasteiger charge is -2.24. The molecule has 1 unspecified atom stereocenters. The summed E-state index contributed by atoms with van der Waals surface area (Å²) in [5.41, 5.74) is 5.76. The van der Waals surface area contributed by atoms with E-state index in [1.54, 1.807) is 12.5 Å². The zero-order chi connectivity index (χ0) is 11.4. The zero-order valence-corrected chi connectivity index (χ0v) is 9.30. The van der Waals surface area contributed by atoms with E-state index in [9.17, 15) is 0 Å². The fraction of sp³-hybridized carbons (Fsp3) is 0.333. The van der Waals surface area contributed by atoms with Crippen LogP contribution in [-0.2, 0) is 6.54 Å². The van der Waals surface area contributed by atoms with Crippen LogP contribution in [0.4, 0.5) is 0 Å². The van der Waals surface area contributed by atoms with E-state index in [2.05, 4.69) is 4.90 Å². The van der Waals surface area contributed by atoms with Gasteiger partial charge in [-0.2, -0.15) is 0 Å². The van der Waals surface area contributed by atoms with Crippen LogP contribution < -0.4 is 5.73 Å². The fourth-order valence-electron chi connectivity index (χ4n) is 1.75. The average molecular weight is 220 g/mol. The molecule has 0 saturated carbocycles. The van der Waals surface area contributed by atoms with E-state index >= 15 is 0 Å². The summed E-state index contributed by atoms with van der Waals surface area (Å²) in [6.07, 6.45) is 3.34. The van der Waals surface area contributed by atoms with E-state index in [1.807, 2.05) is 31.3 Å². The molecule has 0 spiro atoms. The Hall–Kier alpha value is -1.52. The van der Waals surface area contributed by atoms with Crippen LogP contribution in [0.15, 0.2) is 45.6 Å². The number of hydrogen-bond donors (Lipinski definition) is 1. The maximum absolute atomic E-state index is 5.76.